The summed E-state index contributed by atoms with van der Waals surface area (Å²) in [5.41, 5.74) is 0. The average molecular weight is 224 g/mol. The fourth-order valence-corrected chi connectivity index (χ4v) is 4.27. The van der Waals surface area contributed by atoms with Crippen molar-refractivity contribution in [2.75, 3.05) is 13.2 Å². The van der Waals surface area contributed by atoms with Gasteiger partial charge in [-0.2, -0.15) is 0 Å². The van der Waals surface area contributed by atoms with Gasteiger partial charge in [0, 0.05) is 0 Å². The van der Waals surface area contributed by atoms with E-state index in [2.05, 4.69) is 9.47 Å². The van der Waals surface area contributed by atoms with Gasteiger partial charge < -0.3 is 9.47 Å². The van der Waals surface area contributed by atoms with E-state index in [1.807, 2.05) is 0 Å². The van der Waals surface area contributed by atoms with E-state index in [0.717, 1.165) is 0 Å². The zero-order valence-electron chi connectivity index (χ0n) is 9.69. The van der Waals surface area contributed by atoms with E-state index in [9.17, 15) is 4.79 Å². The molecule has 1 saturated heterocycles. The molecule has 4 saturated carbocycles. The highest BCUT2D eigenvalue weighted by Crippen LogP contribution is 2.53. The first-order valence-electron chi connectivity index (χ1n) is 6.59. The van der Waals surface area contributed by atoms with Gasteiger partial charge in [0.25, 0.3) is 0 Å². The van der Waals surface area contributed by atoms with Crippen LogP contribution < -0.4 is 0 Å². The van der Waals surface area contributed by atoms with E-state index in [-0.39, 0.29) is 0 Å². The van der Waals surface area contributed by atoms with Crippen LogP contribution in [0.25, 0.3) is 0 Å². The van der Waals surface area contributed by atoms with Crippen LogP contribution in [-0.4, -0.2) is 19.4 Å². The largest absolute Gasteiger partial charge is 0.508 e. The Hall–Kier alpha value is -0.730. The van der Waals surface area contributed by atoms with Crippen LogP contribution in [0.3, 0.4) is 0 Å². The third kappa shape index (κ3) is 2.18. The second-order valence-corrected chi connectivity index (χ2v) is 5.83. The van der Waals surface area contributed by atoms with Crippen LogP contribution in [-0.2, 0) is 9.47 Å². The van der Waals surface area contributed by atoms with E-state index in [1.165, 1.54) is 23.7 Å². The standard InChI is InChI=1S/C10H16.C3H4O3/c1-7-2-9-4-8(1)5-10(3-7)6-9;4-3-5-1-2-6-3/h7-10H,1-6H2;1-2H2. The van der Waals surface area contributed by atoms with E-state index in [0.29, 0.717) is 13.2 Å². The molecule has 5 rings (SSSR count). The van der Waals surface area contributed by atoms with Gasteiger partial charge in [-0.15, -0.1) is 0 Å². The highest BCUT2D eigenvalue weighted by Gasteiger charge is 2.41. The van der Waals surface area contributed by atoms with Gasteiger partial charge in [0.1, 0.15) is 13.2 Å². The fraction of sp³-hybridized carbons (Fsp3) is 0.923. The molecule has 0 aromatic rings. The average Bonchev–Trinajstić information content (AvgIpc) is 2.67. The van der Waals surface area contributed by atoms with Crippen molar-refractivity contribution in [1.29, 1.82) is 0 Å². The molecule has 3 heteroatoms. The van der Waals surface area contributed by atoms with E-state index < -0.39 is 6.16 Å². The minimum Gasteiger partial charge on any atom is -0.431 e. The third-order valence-corrected chi connectivity index (χ3v) is 4.52. The summed E-state index contributed by atoms with van der Waals surface area (Å²) >= 11 is 0. The summed E-state index contributed by atoms with van der Waals surface area (Å²) in [4.78, 5) is 9.80. The number of carbonyl (C=O) groups excluding carboxylic acids is 1. The summed E-state index contributed by atoms with van der Waals surface area (Å²) < 4.78 is 8.58. The molecule has 0 unspecified atom stereocenters. The Kier molecular flexibility index (Phi) is 2.78. The lowest BCUT2D eigenvalue weighted by molar-refractivity contribution is 0.0198. The maximum absolute atomic E-state index is 9.80. The first kappa shape index (κ1) is 10.4. The highest BCUT2D eigenvalue weighted by molar-refractivity contribution is 5.61. The van der Waals surface area contributed by atoms with Crippen molar-refractivity contribution in [2.45, 2.75) is 38.5 Å². The quantitative estimate of drug-likeness (QED) is 0.593. The predicted molar refractivity (Wildman–Crippen MR) is 59.0 cm³/mol. The summed E-state index contributed by atoms with van der Waals surface area (Å²) in [6, 6.07) is 0. The minimum atomic E-state index is -0.546. The number of ether oxygens (including phenoxy) is 2. The molecule has 0 aromatic heterocycles. The van der Waals surface area contributed by atoms with Gasteiger partial charge in [-0.05, 0) is 62.2 Å². The van der Waals surface area contributed by atoms with E-state index in [4.69, 9.17) is 0 Å². The molecule has 0 amide bonds. The highest BCUT2D eigenvalue weighted by atomic mass is 16.8. The Morgan fingerprint density at radius 3 is 1.19 bits per heavy atom. The molecule has 90 valence electrons. The molecule has 0 radical (unpaired) electrons. The molecule has 0 spiro atoms. The molecule has 0 atom stereocenters. The number of rotatable bonds is 0. The Morgan fingerprint density at radius 1 is 0.688 bits per heavy atom. The van der Waals surface area contributed by atoms with Gasteiger partial charge in [0.15, 0.2) is 0 Å². The van der Waals surface area contributed by atoms with Crippen LogP contribution in [0.1, 0.15) is 38.5 Å². The molecule has 1 aliphatic heterocycles. The van der Waals surface area contributed by atoms with Gasteiger partial charge in [-0.25, -0.2) is 4.79 Å². The lowest BCUT2D eigenvalue weighted by atomic mass is 9.56. The van der Waals surface area contributed by atoms with Gasteiger partial charge in [0.2, 0.25) is 0 Å². The smallest absolute Gasteiger partial charge is 0.431 e. The lowest BCUT2D eigenvalue weighted by Crippen LogP contribution is -2.38. The summed E-state index contributed by atoms with van der Waals surface area (Å²) in [7, 11) is 0. The zero-order valence-corrected chi connectivity index (χ0v) is 9.69. The van der Waals surface area contributed by atoms with Crippen molar-refractivity contribution in [3.05, 3.63) is 0 Å². The normalized spacial score (nSPS) is 43.4. The fourth-order valence-electron chi connectivity index (χ4n) is 4.27. The molecule has 1 heterocycles. The van der Waals surface area contributed by atoms with Crippen molar-refractivity contribution in [3.8, 4) is 0 Å². The van der Waals surface area contributed by atoms with Crippen molar-refractivity contribution in [2.24, 2.45) is 23.7 Å². The molecule has 3 nitrogen and oxygen atoms in total. The molecule has 0 N–H and O–H groups in total. The Labute approximate surface area is 96.5 Å². The van der Waals surface area contributed by atoms with Gasteiger partial charge in [-0.1, -0.05) is 0 Å². The van der Waals surface area contributed by atoms with Gasteiger partial charge >= 0.3 is 6.16 Å². The summed E-state index contributed by atoms with van der Waals surface area (Å²) in [5.74, 6) is 4.71. The second kappa shape index (κ2) is 4.27. The minimum absolute atomic E-state index is 0.416. The SMILES string of the molecule is C1C2CC3CC1CC(C2)C3.O=C1OCCO1. The Balaban J connectivity index is 0.000000117. The number of hydrogen-bond donors (Lipinski definition) is 0. The van der Waals surface area contributed by atoms with Crippen LogP contribution in [0, 0.1) is 23.7 Å². The van der Waals surface area contributed by atoms with Crippen LogP contribution in [0.15, 0.2) is 0 Å². The van der Waals surface area contributed by atoms with Crippen LogP contribution in [0.5, 0.6) is 0 Å². The molecule has 16 heavy (non-hydrogen) atoms. The maximum Gasteiger partial charge on any atom is 0.508 e. The van der Waals surface area contributed by atoms with Gasteiger partial charge in [0.05, 0.1) is 0 Å². The van der Waals surface area contributed by atoms with E-state index >= 15 is 0 Å². The topological polar surface area (TPSA) is 35.5 Å². The summed E-state index contributed by atoms with van der Waals surface area (Å²) in [5, 5.41) is 0. The number of cyclic esters (lactones) is 2. The van der Waals surface area contributed by atoms with Crippen LogP contribution in [0.2, 0.25) is 0 Å². The first-order chi connectivity index (χ1) is 7.79. The first-order valence-corrected chi connectivity index (χ1v) is 6.59. The monoisotopic (exact) mass is 224 g/mol. The molecule has 4 bridgehead atoms. The molecule has 4 aliphatic carbocycles. The van der Waals surface area contributed by atoms with Crippen molar-refractivity contribution >= 4 is 6.16 Å². The number of hydrogen-bond acceptors (Lipinski definition) is 3. The van der Waals surface area contributed by atoms with Crippen molar-refractivity contribution in [3.63, 3.8) is 0 Å². The summed E-state index contributed by atoms with van der Waals surface area (Å²) in [6.07, 6.45) is 9.08. The zero-order chi connectivity index (χ0) is 11.0. The van der Waals surface area contributed by atoms with Crippen LogP contribution >= 0.6 is 0 Å². The van der Waals surface area contributed by atoms with Crippen molar-refractivity contribution < 1.29 is 14.3 Å². The Bertz CT molecular complexity index is 210. The molecule has 5 aliphatic rings. The Morgan fingerprint density at radius 2 is 1.00 bits per heavy atom. The predicted octanol–water partition coefficient (Wildman–Crippen LogP) is 2.99. The molecular weight excluding hydrogens is 204 g/mol. The second-order valence-electron chi connectivity index (χ2n) is 5.83. The van der Waals surface area contributed by atoms with E-state index in [1.54, 1.807) is 38.5 Å². The maximum atomic E-state index is 9.80. The van der Waals surface area contributed by atoms with Gasteiger partial charge in [-0.3, -0.25) is 0 Å². The molecule has 5 fully saturated rings. The molecule has 0 aromatic carbocycles. The van der Waals surface area contributed by atoms with Crippen LogP contribution in [0.4, 0.5) is 4.79 Å². The number of carbonyl (C=O) groups is 1. The molecular formula is C13H20O3. The summed E-state index contributed by atoms with van der Waals surface area (Å²) in [6.45, 7) is 0.831. The lowest BCUT2D eigenvalue weighted by Gasteiger charge is -2.49. The third-order valence-electron chi connectivity index (χ3n) is 4.52. The van der Waals surface area contributed by atoms with Crippen molar-refractivity contribution in [1.82, 2.24) is 0 Å².